The van der Waals surface area contributed by atoms with E-state index in [-0.39, 0.29) is 11.9 Å². The molecule has 0 saturated carbocycles. The molecule has 23 heavy (non-hydrogen) atoms. The zero-order valence-electron chi connectivity index (χ0n) is 13.2. The lowest BCUT2D eigenvalue weighted by atomic mass is 10.0. The van der Waals surface area contributed by atoms with E-state index in [9.17, 15) is 4.79 Å². The van der Waals surface area contributed by atoms with Gasteiger partial charge < -0.3 is 4.90 Å². The third-order valence-electron chi connectivity index (χ3n) is 4.09. The summed E-state index contributed by atoms with van der Waals surface area (Å²) >= 11 is 0. The maximum Gasteiger partial charge on any atom is 0.227 e. The summed E-state index contributed by atoms with van der Waals surface area (Å²) in [4.78, 5) is 14.5. The first-order valence-corrected chi connectivity index (χ1v) is 7.70. The van der Waals surface area contributed by atoms with Crippen LogP contribution in [-0.4, -0.2) is 38.0 Å². The maximum absolute atomic E-state index is 12.8. The molecule has 0 aliphatic carbocycles. The summed E-state index contributed by atoms with van der Waals surface area (Å²) in [5, 5.41) is 16.2. The van der Waals surface area contributed by atoms with Gasteiger partial charge in [-0.3, -0.25) is 4.79 Å². The van der Waals surface area contributed by atoms with Crippen molar-refractivity contribution in [3.05, 3.63) is 53.9 Å². The van der Waals surface area contributed by atoms with Gasteiger partial charge in [-0.05, 0) is 30.2 Å². The molecule has 0 radical (unpaired) electrons. The summed E-state index contributed by atoms with van der Waals surface area (Å²) in [7, 11) is 0. The van der Waals surface area contributed by atoms with E-state index in [1.54, 1.807) is 4.90 Å². The fourth-order valence-corrected chi connectivity index (χ4v) is 2.86. The topological polar surface area (TPSA) is 74.8 Å². The van der Waals surface area contributed by atoms with Gasteiger partial charge in [0.2, 0.25) is 5.91 Å². The lowest BCUT2D eigenvalue weighted by Crippen LogP contribution is -2.35. The molecule has 1 atom stereocenters. The molecule has 1 heterocycles. The van der Waals surface area contributed by atoms with Crippen LogP contribution in [0.4, 0.5) is 0 Å². The fraction of sp³-hybridized carbons (Fsp3) is 0.294. The second-order valence-corrected chi connectivity index (χ2v) is 5.44. The molecule has 6 heteroatoms. The van der Waals surface area contributed by atoms with Gasteiger partial charge in [-0.15, -0.1) is 10.2 Å². The van der Waals surface area contributed by atoms with Gasteiger partial charge in [0.05, 0.1) is 12.5 Å². The van der Waals surface area contributed by atoms with Crippen LogP contribution in [0.2, 0.25) is 0 Å². The highest BCUT2D eigenvalue weighted by atomic mass is 16.2. The van der Waals surface area contributed by atoms with Crippen molar-refractivity contribution in [2.24, 2.45) is 0 Å². The Morgan fingerprint density at radius 1 is 1.22 bits per heavy atom. The van der Waals surface area contributed by atoms with E-state index in [1.807, 2.05) is 38.1 Å². The number of H-pyrrole nitrogens is 1. The average molecular weight is 309 g/mol. The molecule has 0 spiro atoms. The molecule has 1 amide bonds. The van der Waals surface area contributed by atoms with E-state index in [2.05, 4.69) is 38.8 Å². The molecule has 0 aliphatic rings. The first kappa shape index (κ1) is 15.1. The minimum absolute atomic E-state index is 0.0566. The Balaban J connectivity index is 1.84. The van der Waals surface area contributed by atoms with Crippen molar-refractivity contribution < 1.29 is 4.79 Å². The van der Waals surface area contributed by atoms with Crippen molar-refractivity contribution in [2.75, 3.05) is 6.54 Å². The van der Waals surface area contributed by atoms with Crippen LogP contribution in [0.3, 0.4) is 0 Å². The predicted octanol–water partition coefficient (Wildman–Crippen LogP) is 2.51. The van der Waals surface area contributed by atoms with Crippen molar-refractivity contribution in [1.82, 2.24) is 25.5 Å². The third-order valence-corrected chi connectivity index (χ3v) is 4.09. The fourth-order valence-electron chi connectivity index (χ4n) is 2.86. The number of fused-ring (bicyclic) bond motifs is 1. The summed E-state index contributed by atoms with van der Waals surface area (Å²) in [6.07, 6.45) is 0.359. The Kier molecular flexibility index (Phi) is 4.32. The number of amides is 1. The van der Waals surface area contributed by atoms with Crippen molar-refractivity contribution in [3.63, 3.8) is 0 Å². The van der Waals surface area contributed by atoms with Crippen LogP contribution in [0.1, 0.15) is 31.3 Å². The van der Waals surface area contributed by atoms with Gasteiger partial charge in [-0.25, -0.2) is 0 Å². The molecular weight excluding hydrogens is 290 g/mol. The molecular formula is C17H19N5O. The first-order valence-electron chi connectivity index (χ1n) is 7.70. The second kappa shape index (κ2) is 6.56. The van der Waals surface area contributed by atoms with E-state index in [0.717, 1.165) is 16.3 Å². The highest BCUT2D eigenvalue weighted by molar-refractivity contribution is 5.90. The predicted molar refractivity (Wildman–Crippen MR) is 87.6 cm³/mol. The molecule has 118 valence electrons. The van der Waals surface area contributed by atoms with Crippen LogP contribution in [-0.2, 0) is 11.2 Å². The van der Waals surface area contributed by atoms with Gasteiger partial charge in [0.15, 0.2) is 5.82 Å². The number of aromatic amines is 1. The number of nitrogens with zero attached hydrogens (tertiary/aromatic N) is 4. The van der Waals surface area contributed by atoms with Crippen LogP contribution in [0.5, 0.6) is 0 Å². The molecule has 3 rings (SSSR count). The van der Waals surface area contributed by atoms with Crippen LogP contribution in [0, 0.1) is 0 Å². The normalized spacial score (nSPS) is 12.3. The van der Waals surface area contributed by atoms with Crippen LogP contribution >= 0.6 is 0 Å². The van der Waals surface area contributed by atoms with Gasteiger partial charge in [0.25, 0.3) is 0 Å². The zero-order chi connectivity index (χ0) is 16.2. The van der Waals surface area contributed by atoms with Crippen LogP contribution in [0.15, 0.2) is 42.5 Å². The molecule has 0 bridgehead atoms. The molecule has 1 N–H and O–H groups in total. The second-order valence-electron chi connectivity index (χ2n) is 5.44. The number of tetrazole rings is 1. The highest BCUT2D eigenvalue weighted by Gasteiger charge is 2.23. The zero-order valence-corrected chi connectivity index (χ0v) is 13.2. The highest BCUT2D eigenvalue weighted by Crippen LogP contribution is 2.21. The molecule has 3 aromatic rings. The molecule has 2 aromatic carbocycles. The Morgan fingerprint density at radius 3 is 2.74 bits per heavy atom. The van der Waals surface area contributed by atoms with E-state index >= 15 is 0 Å². The summed E-state index contributed by atoms with van der Waals surface area (Å²) in [6, 6.07) is 14.0. The number of nitrogens with one attached hydrogen (secondary N) is 1. The van der Waals surface area contributed by atoms with E-state index in [1.165, 1.54) is 0 Å². The third kappa shape index (κ3) is 3.06. The van der Waals surface area contributed by atoms with Gasteiger partial charge in [-0.1, -0.05) is 47.7 Å². The Hall–Kier alpha value is -2.76. The molecule has 0 fully saturated rings. The Morgan fingerprint density at radius 2 is 2.00 bits per heavy atom. The van der Waals surface area contributed by atoms with Crippen LogP contribution in [0.25, 0.3) is 10.8 Å². The molecule has 1 aromatic heterocycles. The number of hydrogen-bond acceptors (Lipinski definition) is 4. The summed E-state index contributed by atoms with van der Waals surface area (Å²) < 4.78 is 0. The Bertz CT molecular complexity index is 794. The number of carbonyl (C=O) groups is 1. The maximum atomic E-state index is 12.8. The van der Waals surface area contributed by atoms with Crippen molar-refractivity contribution in [2.45, 2.75) is 26.3 Å². The summed E-state index contributed by atoms with van der Waals surface area (Å²) in [6.45, 7) is 4.46. The van der Waals surface area contributed by atoms with E-state index in [0.29, 0.717) is 18.8 Å². The van der Waals surface area contributed by atoms with Gasteiger partial charge in [-0.2, -0.15) is 5.21 Å². The number of aromatic nitrogens is 4. The smallest absolute Gasteiger partial charge is 0.227 e. The van der Waals surface area contributed by atoms with Gasteiger partial charge >= 0.3 is 0 Å². The minimum atomic E-state index is -0.207. The lowest BCUT2D eigenvalue weighted by molar-refractivity contribution is -0.132. The first-order chi connectivity index (χ1) is 11.2. The Labute approximate surface area is 134 Å². The molecule has 6 nitrogen and oxygen atoms in total. The standard InChI is InChI=1S/C17H19N5O/c1-3-22(12(2)17-18-20-21-19-17)16(23)11-14-9-6-8-13-7-4-5-10-15(13)14/h4-10,12H,3,11H2,1-2H3,(H,18,19,20,21). The average Bonchev–Trinajstić information content (AvgIpc) is 3.10. The SMILES string of the molecule is CCN(C(=O)Cc1cccc2ccccc12)C(C)c1nn[nH]n1. The van der Waals surface area contributed by atoms with Crippen molar-refractivity contribution in [1.29, 1.82) is 0 Å². The number of hydrogen-bond donors (Lipinski definition) is 1. The monoisotopic (exact) mass is 309 g/mol. The van der Waals surface area contributed by atoms with Crippen molar-refractivity contribution >= 4 is 16.7 Å². The number of likely N-dealkylation sites (N-methyl/N-ethyl adjacent to an activating group) is 1. The summed E-state index contributed by atoms with van der Waals surface area (Å²) in [5.41, 5.74) is 1.03. The molecule has 0 aliphatic heterocycles. The quantitative estimate of drug-likeness (QED) is 0.786. The van der Waals surface area contributed by atoms with Gasteiger partial charge in [0, 0.05) is 6.54 Å². The van der Waals surface area contributed by atoms with Gasteiger partial charge in [0.1, 0.15) is 0 Å². The van der Waals surface area contributed by atoms with E-state index < -0.39 is 0 Å². The number of rotatable bonds is 5. The minimum Gasteiger partial charge on any atom is -0.333 e. The van der Waals surface area contributed by atoms with Crippen molar-refractivity contribution in [3.8, 4) is 0 Å². The molecule has 1 unspecified atom stereocenters. The lowest BCUT2D eigenvalue weighted by Gasteiger charge is -2.26. The number of benzene rings is 2. The molecule has 0 saturated heterocycles. The summed E-state index contributed by atoms with van der Waals surface area (Å²) in [5.74, 6) is 0.583. The van der Waals surface area contributed by atoms with Crippen LogP contribution < -0.4 is 0 Å². The number of carbonyl (C=O) groups excluding carboxylic acids is 1. The largest absolute Gasteiger partial charge is 0.333 e. The van der Waals surface area contributed by atoms with E-state index in [4.69, 9.17) is 0 Å².